The molecule has 0 spiro atoms. The minimum absolute atomic E-state index is 0. The molecule has 2 aromatic rings. The average Bonchev–Trinajstić information content (AvgIpc) is 2.96. The Labute approximate surface area is 178 Å². The highest BCUT2D eigenvalue weighted by atomic mass is 127. The lowest BCUT2D eigenvalue weighted by molar-refractivity contribution is 0.172. The normalized spacial score (nSPS) is 15.6. The number of aryl methyl sites for hydroxylation is 2. The molecule has 1 aromatic heterocycles. The van der Waals surface area contributed by atoms with Crippen molar-refractivity contribution in [1.82, 2.24) is 29.9 Å². The maximum absolute atomic E-state index is 4.44. The van der Waals surface area contributed by atoms with Gasteiger partial charge in [0, 0.05) is 46.8 Å². The number of nitrogens with one attached hydrogen (secondary N) is 1. The third-order valence-corrected chi connectivity index (χ3v) is 4.96. The zero-order valence-electron chi connectivity index (χ0n) is 16.6. The minimum atomic E-state index is 0. The third-order valence-electron chi connectivity index (χ3n) is 4.96. The summed E-state index contributed by atoms with van der Waals surface area (Å²) in [4.78, 5) is 9.26. The van der Waals surface area contributed by atoms with Gasteiger partial charge in [-0.1, -0.05) is 29.8 Å². The van der Waals surface area contributed by atoms with Gasteiger partial charge in [-0.2, -0.15) is 0 Å². The summed E-state index contributed by atoms with van der Waals surface area (Å²) in [6.07, 6.45) is 0. The molecule has 0 unspecified atom stereocenters. The first-order chi connectivity index (χ1) is 12.6. The molecule has 0 bridgehead atoms. The van der Waals surface area contributed by atoms with Gasteiger partial charge in [0.15, 0.2) is 11.8 Å². The summed E-state index contributed by atoms with van der Waals surface area (Å²) in [6, 6.07) is 8.77. The third kappa shape index (κ3) is 5.65. The zero-order valence-corrected chi connectivity index (χ0v) is 19.0. The van der Waals surface area contributed by atoms with Gasteiger partial charge in [-0.25, -0.2) is 0 Å². The van der Waals surface area contributed by atoms with Gasteiger partial charge in [-0.15, -0.1) is 34.2 Å². The fourth-order valence-electron chi connectivity index (χ4n) is 3.28. The van der Waals surface area contributed by atoms with Gasteiger partial charge < -0.3 is 14.8 Å². The molecule has 7 nitrogen and oxygen atoms in total. The number of hydrogen-bond acceptors (Lipinski definition) is 4. The van der Waals surface area contributed by atoms with Crippen LogP contribution in [0, 0.1) is 13.8 Å². The summed E-state index contributed by atoms with van der Waals surface area (Å²) >= 11 is 0. The number of guanidine groups is 1. The highest BCUT2D eigenvalue weighted by molar-refractivity contribution is 14.0. The van der Waals surface area contributed by atoms with E-state index in [4.69, 9.17) is 0 Å². The first kappa shape index (κ1) is 21.6. The Morgan fingerprint density at radius 2 is 1.89 bits per heavy atom. The summed E-state index contributed by atoms with van der Waals surface area (Å²) in [5, 5.41) is 11.7. The lowest BCUT2D eigenvalue weighted by Crippen LogP contribution is -2.52. The summed E-state index contributed by atoms with van der Waals surface area (Å²) < 4.78 is 2.00. The highest BCUT2D eigenvalue weighted by Gasteiger charge is 2.20. The van der Waals surface area contributed by atoms with Crippen molar-refractivity contribution in [2.45, 2.75) is 26.9 Å². The maximum Gasteiger partial charge on any atom is 0.194 e. The molecule has 0 atom stereocenters. The van der Waals surface area contributed by atoms with Gasteiger partial charge >= 0.3 is 0 Å². The molecule has 1 fully saturated rings. The predicted molar refractivity (Wildman–Crippen MR) is 119 cm³/mol. The molecule has 1 aliphatic heterocycles. The van der Waals surface area contributed by atoms with Crippen LogP contribution in [0.4, 0.5) is 0 Å². The lowest BCUT2D eigenvalue weighted by Gasteiger charge is -2.36. The van der Waals surface area contributed by atoms with E-state index < -0.39 is 0 Å². The van der Waals surface area contributed by atoms with Crippen molar-refractivity contribution in [3.05, 3.63) is 47.0 Å². The molecule has 1 N–H and O–H groups in total. The van der Waals surface area contributed by atoms with Crippen LogP contribution in [0.15, 0.2) is 29.3 Å². The summed E-state index contributed by atoms with van der Waals surface area (Å²) in [5.41, 5.74) is 2.71. The zero-order chi connectivity index (χ0) is 18.5. The first-order valence-electron chi connectivity index (χ1n) is 9.15. The Hall–Kier alpha value is -1.68. The number of aliphatic imine (C=N–C) groups is 1. The van der Waals surface area contributed by atoms with Crippen LogP contribution >= 0.6 is 24.0 Å². The number of halogens is 1. The Morgan fingerprint density at radius 3 is 2.48 bits per heavy atom. The molecule has 3 rings (SSSR count). The van der Waals surface area contributed by atoms with Crippen molar-refractivity contribution in [1.29, 1.82) is 0 Å². The second kappa shape index (κ2) is 10.0. The van der Waals surface area contributed by atoms with Gasteiger partial charge in [-0.3, -0.25) is 9.89 Å². The number of benzene rings is 1. The van der Waals surface area contributed by atoms with Gasteiger partial charge in [-0.05, 0) is 19.4 Å². The highest BCUT2D eigenvalue weighted by Crippen LogP contribution is 2.10. The quantitative estimate of drug-likeness (QED) is 0.409. The van der Waals surface area contributed by atoms with E-state index in [0.717, 1.165) is 50.3 Å². The number of aromatic nitrogens is 3. The largest absolute Gasteiger partial charge is 0.349 e. The second-order valence-corrected chi connectivity index (χ2v) is 6.88. The smallest absolute Gasteiger partial charge is 0.194 e. The molecule has 1 aromatic carbocycles. The molecular formula is C19H30IN7. The SMILES string of the molecule is CN=C(NCc1nnc(C)n1C)N1CCN(Cc2cccc(C)c2)CC1.I. The summed E-state index contributed by atoms with van der Waals surface area (Å²) in [7, 11) is 3.82. The fourth-order valence-corrected chi connectivity index (χ4v) is 3.28. The Kier molecular flexibility index (Phi) is 8.03. The number of piperazine rings is 1. The molecule has 2 heterocycles. The Bertz CT molecular complexity index is 763. The van der Waals surface area contributed by atoms with E-state index in [9.17, 15) is 0 Å². The van der Waals surface area contributed by atoms with Crippen LogP contribution in [-0.4, -0.2) is 63.8 Å². The summed E-state index contributed by atoms with van der Waals surface area (Å²) in [6.45, 7) is 9.78. The Balaban J connectivity index is 0.00000261. The molecule has 0 aliphatic carbocycles. The van der Waals surface area contributed by atoms with E-state index in [2.05, 4.69) is 61.5 Å². The van der Waals surface area contributed by atoms with Crippen LogP contribution in [0.2, 0.25) is 0 Å². The van der Waals surface area contributed by atoms with Crippen molar-refractivity contribution in [2.75, 3.05) is 33.2 Å². The topological polar surface area (TPSA) is 61.6 Å². The molecule has 0 saturated carbocycles. The van der Waals surface area contributed by atoms with E-state index in [1.165, 1.54) is 11.1 Å². The lowest BCUT2D eigenvalue weighted by atomic mass is 10.1. The summed E-state index contributed by atoms with van der Waals surface area (Å²) in [5.74, 6) is 2.77. The molecule has 0 amide bonds. The molecule has 0 radical (unpaired) electrons. The van der Waals surface area contributed by atoms with Crippen LogP contribution in [0.5, 0.6) is 0 Å². The monoisotopic (exact) mass is 483 g/mol. The molecule has 27 heavy (non-hydrogen) atoms. The molecular weight excluding hydrogens is 453 g/mol. The van der Waals surface area contributed by atoms with Crippen molar-refractivity contribution in [2.24, 2.45) is 12.0 Å². The molecule has 1 saturated heterocycles. The molecule has 1 aliphatic rings. The van der Waals surface area contributed by atoms with E-state index in [1.54, 1.807) is 0 Å². The maximum atomic E-state index is 4.44. The van der Waals surface area contributed by atoms with Gasteiger partial charge in [0.1, 0.15) is 5.82 Å². The second-order valence-electron chi connectivity index (χ2n) is 6.88. The number of nitrogens with zero attached hydrogens (tertiary/aromatic N) is 6. The van der Waals surface area contributed by atoms with Crippen molar-refractivity contribution in [3.63, 3.8) is 0 Å². The van der Waals surface area contributed by atoms with E-state index in [1.807, 2.05) is 25.6 Å². The fraction of sp³-hybridized carbons (Fsp3) is 0.526. The number of rotatable bonds is 4. The minimum Gasteiger partial charge on any atom is -0.349 e. The van der Waals surface area contributed by atoms with Crippen molar-refractivity contribution < 1.29 is 0 Å². The molecule has 8 heteroatoms. The van der Waals surface area contributed by atoms with Crippen LogP contribution in [0.3, 0.4) is 0 Å². The van der Waals surface area contributed by atoms with Gasteiger partial charge in [0.25, 0.3) is 0 Å². The van der Waals surface area contributed by atoms with Gasteiger partial charge in [0.2, 0.25) is 0 Å². The van der Waals surface area contributed by atoms with E-state index in [-0.39, 0.29) is 24.0 Å². The van der Waals surface area contributed by atoms with Crippen LogP contribution in [0.1, 0.15) is 22.8 Å². The van der Waals surface area contributed by atoms with Crippen LogP contribution < -0.4 is 5.32 Å². The van der Waals surface area contributed by atoms with Crippen molar-refractivity contribution in [3.8, 4) is 0 Å². The van der Waals surface area contributed by atoms with Crippen molar-refractivity contribution >= 4 is 29.9 Å². The average molecular weight is 483 g/mol. The van der Waals surface area contributed by atoms with E-state index in [0.29, 0.717) is 6.54 Å². The standard InChI is InChI=1S/C19H29N7.HI/c1-15-6-5-7-17(12-15)14-25-8-10-26(11-9-25)19(20-3)21-13-18-23-22-16(2)24(18)4;/h5-7,12H,8-11,13-14H2,1-4H3,(H,20,21);1H. The molecule has 148 valence electrons. The first-order valence-corrected chi connectivity index (χ1v) is 9.15. The van der Waals surface area contributed by atoms with Gasteiger partial charge in [0.05, 0.1) is 6.54 Å². The van der Waals surface area contributed by atoms with Crippen LogP contribution in [0.25, 0.3) is 0 Å². The Morgan fingerprint density at radius 1 is 1.15 bits per heavy atom. The predicted octanol–water partition coefficient (Wildman–Crippen LogP) is 1.94. The van der Waals surface area contributed by atoms with Crippen LogP contribution in [-0.2, 0) is 20.1 Å². The van der Waals surface area contributed by atoms with E-state index >= 15 is 0 Å². The number of hydrogen-bond donors (Lipinski definition) is 1.